The highest BCUT2D eigenvalue weighted by Crippen LogP contribution is 2.34. The third-order valence-electron chi connectivity index (χ3n) is 4.11. The number of para-hydroxylation sites is 1. The van der Waals surface area contributed by atoms with Crippen molar-refractivity contribution in [2.24, 2.45) is 0 Å². The van der Waals surface area contributed by atoms with E-state index < -0.39 is 0 Å². The van der Waals surface area contributed by atoms with Crippen LogP contribution >= 0.6 is 11.6 Å². The van der Waals surface area contributed by atoms with E-state index in [4.69, 9.17) is 11.6 Å². The van der Waals surface area contributed by atoms with E-state index in [-0.39, 0.29) is 24.2 Å². The minimum absolute atomic E-state index is 0.0645. The van der Waals surface area contributed by atoms with Crippen molar-refractivity contribution in [2.75, 3.05) is 10.6 Å². The Morgan fingerprint density at radius 2 is 2.21 bits per heavy atom. The number of carbonyl (C=O) groups excluding carboxylic acids is 2. The number of aryl methyl sites for hydroxylation is 1. The molecule has 2 N–H and O–H groups in total. The number of rotatable bonds is 4. The van der Waals surface area contributed by atoms with Gasteiger partial charge in [0.1, 0.15) is 5.82 Å². The van der Waals surface area contributed by atoms with Crippen molar-refractivity contribution < 1.29 is 9.59 Å². The van der Waals surface area contributed by atoms with Gasteiger partial charge in [0.25, 0.3) is 0 Å². The number of benzene rings is 1. The van der Waals surface area contributed by atoms with Gasteiger partial charge in [0.05, 0.1) is 5.02 Å². The zero-order chi connectivity index (χ0) is 17.1. The Balaban J connectivity index is 1.75. The monoisotopic (exact) mass is 343 g/mol. The third kappa shape index (κ3) is 3.57. The lowest BCUT2D eigenvalue weighted by molar-refractivity contribution is -0.118. The van der Waals surface area contributed by atoms with Crippen LogP contribution in [0.15, 0.2) is 36.5 Å². The van der Waals surface area contributed by atoms with Gasteiger partial charge in [0.15, 0.2) is 0 Å². The number of nitrogens with one attached hydrogen (secondary N) is 2. The molecule has 1 aliphatic rings. The van der Waals surface area contributed by atoms with Crippen molar-refractivity contribution in [2.45, 2.75) is 32.1 Å². The smallest absolute Gasteiger partial charge is 0.226 e. The maximum absolute atomic E-state index is 12.4. The van der Waals surface area contributed by atoms with Gasteiger partial charge in [-0.05, 0) is 29.7 Å². The predicted octanol–water partition coefficient (Wildman–Crippen LogP) is 3.75. The van der Waals surface area contributed by atoms with E-state index >= 15 is 0 Å². The van der Waals surface area contributed by atoms with Crippen LogP contribution in [0.25, 0.3) is 0 Å². The average molecular weight is 344 g/mol. The van der Waals surface area contributed by atoms with Gasteiger partial charge < -0.3 is 10.6 Å². The molecule has 0 saturated heterocycles. The van der Waals surface area contributed by atoms with Crippen molar-refractivity contribution in [1.29, 1.82) is 0 Å². The Bertz CT molecular complexity index is 792. The van der Waals surface area contributed by atoms with Gasteiger partial charge in [-0.3, -0.25) is 9.59 Å². The fourth-order valence-electron chi connectivity index (χ4n) is 2.95. The number of aromatic nitrogens is 1. The van der Waals surface area contributed by atoms with Crippen LogP contribution in [0.1, 0.15) is 36.8 Å². The van der Waals surface area contributed by atoms with Crippen LogP contribution in [0.5, 0.6) is 0 Å². The highest BCUT2D eigenvalue weighted by molar-refractivity contribution is 6.30. The fourth-order valence-corrected chi connectivity index (χ4v) is 3.13. The molecule has 0 spiro atoms. The van der Waals surface area contributed by atoms with Gasteiger partial charge in [-0.15, -0.1) is 0 Å². The first kappa shape index (κ1) is 16.5. The van der Waals surface area contributed by atoms with E-state index in [1.54, 1.807) is 6.07 Å². The van der Waals surface area contributed by atoms with Gasteiger partial charge in [-0.2, -0.15) is 0 Å². The van der Waals surface area contributed by atoms with E-state index in [0.29, 0.717) is 17.3 Å². The molecule has 1 aromatic heterocycles. The van der Waals surface area contributed by atoms with Gasteiger partial charge >= 0.3 is 0 Å². The second-order valence-corrected chi connectivity index (χ2v) is 6.24. The summed E-state index contributed by atoms with van der Waals surface area (Å²) >= 11 is 5.94. The molecule has 0 aliphatic carbocycles. The maximum Gasteiger partial charge on any atom is 0.226 e. The molecule has 6 heteroatoms. The number of halogens is 1. The number of carbonyl (C=O) groups is 2. The van der Waals surface area contributed by atoms with Crippen LogP contribution in [0.2, 0.25) is 5.02 Å². The van der Waals surface area contributed by atoms with Gasteiger partial charge in [0.2, 0.25) is 11.8 Å². The number of amides is 2. The Hall–Kier alpha value is -2.40. The summed E-state index contributed by atoms with van der Waals surface area (Å²) in [7, 11) is 0. The molecule has 124 valence electrons. The molecule has 0 bridgehead atoms. The van der Waals surface area contributed by atoms with Gasteiger partial charge in [-0.1, -0.05) is 36.7 Å². The lowest BCUT2D eigenvalue weighted by atomic mass is 9.88. The maximum atomic E-state index is 12.4. The van der Waals surface area contributed by atoms with Crippen molar-refractivity contribution >= 4 is 34.9 Å². The van der Waals surface area contributed by atoms with E-state index in [0.717, 1.165) is 23.2 Å². The van der Waals surface area contributed by atoms with Crippen LogP contribution in [-0.2, 0) is 16.0 Å². The molecular formula is C18H18ClN3O2. The molecule has 2 heterocycles. The van der Waals surface area contributed by atoms with Crippen LogP contribution < -0.4 is 10.6 Å². The molecule has 1 atom stereocenters. The van der Waals surface area contributed by atoms with Gasteiger partial charge in [-0.25, -0.2) is 4.98 Å². The molecule has 0 saturated carbocycles. The summed E-state index contributed by atoms with van der Waals surface area (Å²) < 4.78 is 0. The highest BCUT2D eigenvalue weighted by atomic mass is 35.5. The van der Waals surface area contributed by atoms with E-state index in [1.807, 2.05) is 31.2 Å². The lowest BCUT2D eigenvalue weighted by Gasteiger charge is -2.25. The fraction of sp³-hybridized carbons (Fsp3) is 0.278. The molecule has 1 aromatic carbocycles. The van der Waals surface area contributed by atoms with Crippen LogP contribution in [0.3, 0.4) is 0 Å². The number of hydrogen-bond acceptors (Lipinski definition) is 3. The summed E-state index contributed by atoms with van der Waals surface area (Å²) in [6, 6.07) is 9.38. The number of hydrogen-bond donors (Lipinski definition) is 2. The van der Waals surface area contributed by atoms with Crippen LogP contribution in [-0.4, -0.2) is 16.8 Å². The predicted molar refractivity (Wildman–Crippen MR) is 94.3 cm³/mol. The van der Waals surface area contributed by atoms with Crippen molar-refractivity contribution in [3.63, 3.8) is 0 Å². The Morgan fingerprint density at radius 1 is 1.42 bits per heavy atom. The SMILES string of the molecule is CCc1cc(Cl)cnc1NC(=O)CC1CC(=O)Nc2ccccc21. The first-order chi connectivity index (χ1) is 11.6. The number of anilines is 2. The normalized spacial score (nSPS) is 16.2. The summed E-state index contributed by atoms with van der Waals surface area (Å²) in [6.07, 6.45) is 2.77. The largest absolute Gasteiger partial charge is 0.326 e. The second kappa shape index (κ2) is 7.01. The summed E-state index contributed by atoms with van der Waals surface area (Å²) in [5, 5.41) is 6.23. The first-order valence-corrected chi connectivity index (χ1v) is 8.27. The number of fused-ring (bicyclic) bond motifs is 1. The minimum Gasteiger partial charge on any atom is -0.326 e. The van der Waals surface area contributed by atoms with Crippen molar-refractivity contribution in [3.05, 3.63) is 52.7 Å². The van der Waals surface area contributed by atoms with E-state index in [9.17, 15) is 9.59 Å². The number of nitrogens with zero attached hydrogens (tertiary/aromatic N) is 1. The molecule has 2 aromatic rings. The van der Waals surface area contributed by atoms with Crippen LogP contribution in [0.4, 0.5) is 11.5 Å². The Kier molecular flexibility index (Phi) is 4.81. The molecule has 0 fully saturated rings. The quantitative estimate of drug-likeness (QED) is 0.888. The summed E-state index contributed by atoms with van der Waals surface area (Å²) in [4.78, 5) is 28.5. The molecule has 0 radical (unpaired) electrons. The molecule has 24 heavy (non-hydrogen) atoms. The zero-order valence-electron chi connectivity index (χ0n) is 13.3. The molecule has 5 nitrogen and oxygen atoms in total. The Labute approximate surface area is 145 Å². The third-order valence-corrected chi connectivity index (χ3v) is 4.32. The van der Waals surface area contributed by atoms with Crippen molar-refractivity contribution in [3.8, 4) is 0 Å². The molecule has 1 aliphatic heterocycles. The summed E-state index contributed by atoms with van der Waals surface area (Å²) in [5.74, 6) is 0.173. The van der Waals surface area contributed by atoms with Gasteiger partial charge in [0, 0.05) is 30.6 Å². The molecule has 3 rings (SSSR count). The standard InChI is InChI=1S/C18H18ClN3O2/c1-2-11-7-13(19)10-20-18(11)22-17(24)9-12-8-16(23)21-15-6-4-3-5-14(12)15/h3-7,10,12H,2,8-9H2,1H3,(H,21,23)(H,20,22,24). The topological polar surface area (TPSA) is 71.1 Å². The first-order valence-electron chi connectivity index (χ1n) is 7.90. The van der Waals surface area contributed by atoms with Crippen LogP contribution in [0, 0.1) is 0 Å². The van der Waals surface area contributed by atoms with E-state index in [2.05, 4.69) is 15.6 Å². The Morgan fingerprint density at radius 3 is 3.00 bits per heavy atom. The molecule has 1 unspecified atom stereocenters. The number of pyridine rings is 1. The van der Waals surface area contributed by atoms with E-state index in [1.165, 1.54) is 6.20 Å². The summed E-state index contributed by atoms with van der Waals surface area (Å²) in [6.45, 7) is 1.98. The second-order valence-electron chi connectivity index (χ2n) is 5.80. The lowest BCUT2D eigenvalue weighted by Crippen LogP contribution is -2.26. The van der Waals surface area contributed by atoms with Crippen molar-refractivity contribution in [1.82, 2.24) is 4.98 Å². The zero-order valence-corrected chi connectivity index (χ0v) is 14.1. The summed E-state index contributed by atoms with van der Waals surface area (Å²) in [5.41, 5.74) is 2.66. The highest BCUT2D eigenvalue weighted by Gasteiger charge is 2.27. The minimum atomic E-state index is -0.158. The molecule has 2 amide bonds. The average Bonchev–Trinajstić information content (AvgIpc) is 2.56. The molecular weight excluding hydrogens is 326 g/mol.